The summed E-state index contributed by atoms with van der Waals surface area (Å²) in [6.07, 6.45) is -4.03. The summed E-state index contributed by atoms with van der Waals surface area (Å²) in [5.41, 5.74) is 0.508. The van der Waals surface area contributed by atoms with Gasteiger partial charge in [-0.3, -0.25) is 9.69 Å². The molecule has 0 bridgehead atoms. The van der Waals surface area contributed by atoms with Crippen molar-refractivity contribution >= 4 is 34.2 Å². The number of fused-ring (bicyclic) bond motifs is 1. The lowest BCUT2D eigenvalue weighted by atomic mass is 10.1. The second-order valence-electron chi connectivity index (χ2n) is 8.73. The molecule has 2 saturated heterocycles. The number of rotatable bonds is 3. The van der Waals surface area contributed by atoms with Crippen molar-refractivity contribution in [1.29, 1.82) is 0 Å². The molecule has 0 saturated carbocycles. The van der Waals surface area contributed by atoms with Gasteiger partial charge in [-0.1, -0.05) is 17.7 Å². The number of amides is 1. The number of alkyl halides is 3. The highest BCUT2D eigenvalue weighted by atomic mass is 35.5. The summed E-state index contributed by atoms with van der Waals surface area (Å²) in [5, 5.41) is 0.565. The summed E-state index contributed by atoms with van der Waals surface area (Å²) >= 11 is 5.90. The van der Waals surface area contributed by atoms with Crippen molar-refractivity contribution in [3.8, 4) is 0 Å². The summed E-state index contributed by atoms with van der Waals surface area (Å²) in [4.78, 5) is 25.8. The van der Waals surface area contributed by atoms with Crippen molar-refractivity contribution in [1.82, 2.24) is 19.8 Å². The number of anilines is 1. The van der Waals surface area contributed by atoms with Crippen molar-refractivity contribution in [2.24, 2.45) is 0 Å². The van der Waals surface area contributed by atoms with Gasteiger partial charge in [-0.05, 0) is 42.8 Å². The van der Waals surface area contributed by atoms with Gasteiger partial charge in [-0.25, -0.2) is 14.4 Å². The van der Waals surface area contributed by atoms with Gasteiger partial charge in [0, 0.05) is 55.9 Å². The Labute approximate surface area is 204 Å². The van der Waals surface area contributed by atoms with Crippen LogP contribution in [0.5, 0.6) is 0 Å². The largest absolute Gasteiger partial charge is 0.451 e. The van der Waals surface area contributed by atoms with E-state index in [-0.39, 0.29) is 28.7 Å². The lowest BCUT2D eigenvalue weighted by molar-refractivity contribution is -0.144. The normalized spacial score (nSPS) is 19.5. The Balaban J connectivity index is 1.29. The van der Waals surface area contributed by atoms with Crippen LogP contribution in [0.4, 0.5) is 23.4 Å². The first kappa shape index (κ1) is 23.7. The van der Waals surface area contributed by atoms with E-state index in [1.54, 1.807) is 34.1 Å². The number of halogens is 5. The van der Waals surface area contributed by atoms with Crippen molar-refractivity contribution in [3.05, 3.63) is 64.7 Å². The number of hydrogen-bond donors (Lipinski definition) is 0. The highest BCUT2D eigenvalue weighted by Gasteiger charge is 2.38. The zero-order valence-electron chi connectivity index (χ0n) is 18.6. The Morgan fingerprint density at radius 1 is 0.971 bits per heavy atom. The van der Waals surface area contributed by atoms with E-state index in [1.165, 1.54) is 18.2 Å². The molecule has 1 atom stereocenters. The number of nitrogens with zero attached hydrogens (tertiary/aromatic N) is 5. The maximum Gasteiger partial charge on any atom is 0.451 e. The van der Waals surface area contributed by atoms with Crippen LogP contribution in [0.25, 0.3) is 10.9 Å². The molecule has 2 aliphatic rings. The minimum absolute atomic E-state index is 0.000435. The molecule has 0 unspecified atom stereocenters. The van der Waals surface area contributed by atoms with Gasteiger partial charge in [0.25, 0.3) is 5.91 Å². The van der Waals surface area contributed by atoms with E-state index in [0.717, 1.165) is 0 Å². The van der Waals surface area contributed by atoms with E-state index >= 15 is 0 Å². The van der Waals surface area contributed by atoms with Gasteiger partial charge in [0.05, 0.1) is 10.9 Å². The fourth-order valence-corrected chi connectivity index (χ4v) is 4.90. The topological polar surface area (TPSA) is 52.6 Å². The maximum atomic E-state index is 14.6. The van der Waals surface area contributed by atoms with Gasteiger partial charge in [-0.2, -0.15) is 13.2 Å². The first-order valence-corrected chi connectivity index (χ1v) is 11.7. The Hall–Kier alpha value is -2.98. The Kier molecular flexibility index (Phi) is 6.27. The van der Waals surface area contributed by atoms with E-state index in [9.17, 15) is 22.4 Å². The molecule has 11 heteroatoms. The Morgan fingerprint density at radius 3 is 2.37 bits per heavy atom. The molecule has 0 radical (unpaired) electrons. The van der Waals surface area contributed by atoms with Crippen molar-refractivity contribution in [2.75, 3.05) is 44.2 Å². The first-order chi connectivity index (χ1) is 16.7. The van der Waals surface area contributed by atoms with Crippen LogP contribution in [-0.2, 0) is 6.18 Å². The molecular weight excluding hydrogens is 486 g/mol. The number of benzene rings is 2. The molecule has 184 valence electrons. The molecule has 35 heavy (non-hydrogen) atoms. The molecule has 2 fully saturated rings. The molecular formula is C24H22ClF4N5O. The molecule has 2 aliphatic heterocycles. The standard InChI is InChI=1S/C24H22ClF4N5O/c25-16-6-4-15(5-7-16)22(35)33-12-10-32(11-13-33)17-8-9-34(14-17)21-20-18(26)2-1-3-19(20)30-23(31-21)24(27,28)29/h1-7,17H,8-14H2/t17-/m1/s1. The van der Waals surface area contributed by atoms with Crippen LogP contribution in [0, 0.1) is 5.82 Å². The molecule has 1 aromatic heterocycles. The van der Waals surface area contributed by atoms with E-state index in [2.05, 4.69) is 14.9 Å². The van der Waals surface area contributed by atoms with E-state index in [0.29, 0.717) is 56.3 Å². The lowest BCUT2D eigenvalue weighted by Gasteiger charge is -2.38. The van der Waals surface area contributed by atoms with Crippen LogP contribution < -0.4 is 4.90 Å². The summed E-state index contributed by atoms with van der Waals surface area (Å²) < 4.78 is 54.9. The molecule has 3 aromatic rings. The molecule has 5 rings (SSSR count). The first-order valence-electron chi connectivity index (χ1n) is 11.3. The van der Waals surface area contributed by atoms with Crippen LogP contribution in [-0.4, -0.2) is 71.0 Å². The number of carbonyl (C=O) groups is 1. The third-order valence-electron chi connectivity index (χ3n) is 6.58. The van der Waals surface area contributed by atoms with Gasteiger partial charge >= 0.3 is 6.18 Å². The van der Waals surface area contributed by atoms with Gasteiger partial charge in [0.2, 0.25) is 5.82 Å². The average molecular weight is 508 g/mol. The molecule has 3 heterocycles. The monoisotopic (exact) mass is 507 g/mol. The van der Waals surface area contributed by atoms with E-state index in [4.69, 9.17) is 11.6 Å². The third-order valence-corrected chi connectivity index (χ3v) is 6.83. The molecule has 2 aromatic carbocycles. The van der Waals surface area contributed by atoms with E-state index < -0.39 is 17.8 Å². The average Bonchev–Trinajstić information content (AvgIpc) is 3.33. The SMILES string of the molecule is O=C(c1ccc(Cl)cc1)N1CCN([C@@H]2CCN(c3nc(C(F)(F)F)nc4cccc(F)c34)C2)CC1. The van der Waals surface area contributed by atoms with Crippen LogP contribution >= 0.6 is 11.6 Å². The van der Waals surface area contributed by atoms with Gasteiger partial charge in [-0.15, -0.1) is 0 Å². The highest BCUT2D eigenvalue weighted by Crippen LogP contribution is 2.34. The maximum absolute atomic E-state index is 14.6. The second kappa shape index (κ2) is 9.23. The molecule has 1 amide bonds. The van der Waals surface area contributed by atoms with Crippen molar-refractivity contribution < 1.29 is 22.4 Å². The second-order valence-corrected chi connectivity index (χ2v) is 9.16. The minimum Gasteiger partial charge on any atom is -0.354 e. The number of hydrogen-bond acceptors (Lipinski definition) is 5. The van der Waals surface area contributed by atoms with Gasteiger partial charge in [0.15, 0.2) is 0 Å². The predicted molar refractivity (Wildman–Crippen MR) is 124 cm³/mol. The van der Waals surface area contributed by atoms with Crippen molar-refractivity contribution in [3.63, 3.8) is 0 Å². The summed E-state index contributed by atoms with van der Waals surface area (Å²) in [6.45, 7) is 3.24. The van der Waals surface area contributed by atoms with Gasteiger partial charge < -0.3 is 9.80 Å². The highest BCUT2D eigenvalue weighted by molar-refractivity contribution is 6.30. The van der Waals surface area contributed by atoms with Crippen LogP contribution in [0.2, 0.25) is 5.02 Å². The fourth-order valence-electron chi connectivity index (χ4n) is 4.78. The van der Waals surface area contributed by atoms with Gasteiger partial charge in [0.1, 0.15) is 11.6 Å². The third kappa shape index (κ3) is 4.77. The molecule has 0 spiro atoms. The summed E-state index contributed by atoms with van der Waals surface area (Å²) in [6, 6.07) is 10.7. The number of carbonyl (C=O) groups excluding carboxylic acids is 1. The lowest BCUT2D eigenvalue weighted by Crippen LogP contribution is -2.52. The van der Waals surface area contributed by atoms with Crippen LogP contribution in [0.1, 0.15) is 22.6 Å². The summed E-state index contributed by atoms with van der Waals surface area (Å²) in [5.74, 6) is -2.01. The van der Waals surface area contributed by atoms with E-state index in [1.807, 2.05) is 0 Å². The molecule has 0 N–H and O–H groups in total. The quantitative estimate of drug-likeness (QED) is 0.489. The fraction of sp³-hybridized carbons (Fsp3) is 0.375. The number of piperazine rings is 1. The zero-order valence-corrected chi connectivity index (χ0v) is 19.4. The zero-order chi connectivity index (χ0) is 24.7. The Bertz CT molecular complexity index is 1250. The number of aromatic nitrogens is 2. The van der Waals surface area contributed by atoms with Crippen LogP contribution in [0.15, 0.2) is 42.5 Å². The van der Waals surface area contributed by atoms with Crippen molar-refractivity contribution in [2.45, 2.75) is 18.6 Å². The summed E-state index contributed by atoms with van der Waals surface area (Å²) in [7, 11) is 0. The molecule has 0 aliphatic carbocycles. The molecule has 6 nitrogen and oxygen atoms in total. The minimum atomic E-state index is -4.73. The Morgan fingerprint density at radius 2 is 1.69 bits per heavy atom. The van der Waals surface area contributed by atoms with Crippen LogP contribution in [0.3, 0.4) is 0 Å². The predicted octanol–water partition coefficient (Wildman–Crippen LogP) is 4.48. The smallest absolute Gasteiger partial charge is 0.354 e.